The first-order valence-corrected chi connectivity index (χ1v) is 8.79. The highest BCUT2D eigenvalue weighted by atomic mass is 79.9. The van der Waals surface area contributed by atoms with Gasteiger partial charge in [0.2, 0.25) is 0 Å². The molecule has 0 aliphatic heterocycles. The Hall–Kier alpha value is -1.85. The molecule has 0 bridgehead atoms. The van der Waals surface area contributed by atoms with Crippen LogP contribution in [0.1, 0.15) is 19.4 Å². The van der Waals surface area contributed by atoms with Crippen molar-refractivity contribution in [2.24, 2.45) is 0 Å². The molecule has 0 heterocycles. The highest BCUT2D eigenvalue weighted by Crippen LogP contribution is 2.18. The number of halogens is 1. The molecule has 1 aromatic rings. The number of rotatable bonds is 9. The predicted molar refractivity (Wildman–Crippen MR) is 106 cm³/mol. The van der Waals surface area contributed by atoms with Gasteiger partial charge in [-0.15, -0.1) is 0 Å². The van der Waals surface area contributed by atoms with Gasteiger partial charge in [0.05, 0.1) is 20.8 Å². The summed E-state index contributed by atoms with van der Waals surface area (Å²) >= 11 is 3.50. The van der Waals surface area contributed by atoms with Crippen molar-refractivity contribution >= 4 is 21.9 Å². The Labute approximate surface area is 158 Å². The van der Waals surface area contributed by atoms with E-state index in [1.807, 2.05) is 55.2 Å². The van der Waals surface area contributed by atoms with Gasteiger partial charge in [0, 0.05) is 17.6 Å². The molecule has 1 aromatic carbocycles. The lowest BCUT2D eigenvalue weighted by atomic mass is 10.1. The van der Waals surface area contributed by atoms with E-state index in [-0.39, 0.29) is 12.5 Å². The Morgan fingerprint density at radius 2 is 1.88 bits per heavy atom. The molecule has 0 fully saturated rings. The van der Waals surface area contributed by atoms with Gasteiger partial charge in [-0.2, -0.15) is 0 Å². The van der Waals surface area contributed by atoms with Crippen molar-refractivity contribution in [3.05, 3.63) is 64.2 Å². The Morgan fingerprint density at radius 1 is 1.24 bits per heavy atom. The van der Waals surface area contributed by atoms with Crippen molar-refractivity contribution < 1.29 is 14.3 Å². The molecule has 136 valence electrons. The molecule has 0 aromatic heterocycles. The van der Waals surface area contributed by atoms with E-state index in [0.717, 1.165) is 26.9 Å². The van der Waals surface area contributed by atoms with Crippen LogP contribution in [0.25, 0.3) is 0 Å². The molecule has 0 saturated carbocycles. The molecule has 0 saturated heterocycles. The number of hydrogen-bond donors (Lipinski definition) is 0. The molecule has 0 aliphatic rings. The smallest absolute Gasteiger partial charge is 0.319 e. The van der Waals surface area contributed by atoms with Crippen LogP contribution in [0.5, 0.6) is 5.75 Å². The Kier molecular flexibility index (Phi) is 9.24. The standard InChI is InChI=1S/C20H26BrNO3/c1-6-18(21)11-17(15(2)3)13-22(14-20(23)25-5)12-16-7-9-19(24-4)10-8-16/h6-11H,2,12-14H2,1,3-5H3/b17-11-,18-6+. The van der Waals surface area contributed by atoms with Crippen molar-refractivity contribution in [1.82, 2.24) is 4.90 Å². The topological polar surface area (TPSA) is 38.8 Å². The van der Waals surface area contributed by atoms with Crippen LogP contribution in [0.4, 0.5) is 0 Å². The zero-order valence-corrected chi connectivity index (χ0v) is 16.9. The number of nitrogens with zero attached hydrogens (tertiary/aromatic N) is 1. The van der Waals surface area contributed by atoms with Crippen molar-refractivity contribution in [3.8, 4) is 5.75 Å². The SMILES string of the molecule is C=C(C)/C(=C\C(Br)=C/C)CN(CC(=O)OC)Cc1ccc(OC)cc1. The largest absolute Gasteiger partial charge is 0.497 e. The van der Waals surface area contributed by atoms with Gasteiger partial charge in [0.15, 0.2) is 0 Å². The fourth-order valence-corrected chi connectivity index (χ4v) is 2.47. The van der Waals surface area contributed by atoms with E-state index in [2.05, 4.69) is 22.5 Å². The molecule has 25 heavy (non-hydrogen) atoms. The van der Waals surface area contributed by atoms with Gasteiger partial charge in [0.1, 0.15) is 5.75 Å². The molecular weight excluding hydrogens is 382 g/mol. The zero-order chi connectivity index (χ0) is 18.8. The van der Waals surface area contributed by atoms with Crippen LogP contribution in [0.2, 0.25) is 0 Å². The summed E-state index contributed by atoms with van der Waals surface area (Å²) in [5.41, 5.74) is 3.11. The summed E-state index contributed by atoms with van der Waals surface area (Å²) in [5, 5.41) is 0. The molecule has 0 radical (unpaired) electrons. The second-order valence-corrected chi connectivity index (χ2v) is 6.61. The van der Waals surface area contributed by atoms with Crippen LogP contribution in [0.15, 0.2) is 58.6 Å². The lowest BCUT2D eigenvalue weighted by Gasteiger charge is -2.23. The van der Waals surface area contributed by atoms with Crippen LogP contribution in [-0.4, -0.2) is 38.2 Å². The average Bonchev–Trinajstić information content (AvgIpc) is 2.61. The van der Waals surface area contributed by atoms with E-state index in [9.17, 15) is 4.79 Å². The molecule has 0 aliphatic carbocycles. The maximum Gasteiger partial charge on any atom is 0.319 e. The second kappa shape index (κ2) is 10.9. The van der Waals surface area contributed by atoms with Crippen LogP contribution < -0.4 is 4.74 Å². The third kappa shape index (κ3) is 7.71. The Morgan fingerprint density at radius 3 is 2.36 bits per heavy atom. The predicted octanol–water partition coefficient (Wildman–Crippen LogP) is 4.47. The number of methoxy groups -OCH3 is 2. The first kappa shape index (κ1) is 21.2. The second-order valence-electron chi connectivity index (χ2n) is 5.69. The summed E-state index contributed by atoms with van der Waals surface area (Å²) in [6, 6.07) is 7.82. The van der Waals surface area contributed by atoms with Gasteiger partial charge >= 0.3 is 5.97 Å². The van der Waals surface area contributed by atoms with E-state index in [4.69, 9.17) is 9.47 Å². The minimum Gasteiger partial charge on any atom is -0.497 e. The van der Waals surface area contributed by atoms with Gasteiger partial charge in [-0.3, -0.25) is 9.69 Å². The summed E-state index contributed by atoms with van der Waals surface area (Å²) in [5.74, 6) is 0.544. The van der Waals surface area contributed by atoms with Crippen LogP contribution in [0.3, 0.4) is 0 Å². The van der Waals surface area contributed by atoms with E-state index in [1.54, 1.807) is 7.11 Å². The van der Waals surface area contributed by atoms with Crippen molar-refractivity contribution in [2.75, 3.05) is 27.3 Å². The van der Waals surface area contributed by atoms with Gasteiger partial charge in [-0.05, 0) is 43.2 Å². The molecule has 0 atom stereocenters. The summed E-state index contributed by atoms with van der Waals surface area (Å²) in [7, 11) is 3.04. The number of esters is 1. The fraction of sp³-hybridized carbons (Fsp3) is 0.350. The molecule has 0 N–H and O–H groups in total. The van der Waals surface area contributed by atoms with Crippen molar-refractivity contribution in [3.63, 3.8) is 0 Å². The highest BCUT2D eigenvalue weighted by Gasteiger charge is 2.14. The van der Waals surface area contributed by atoms with E-state index in [1.165, 1.54) is 7.11 Å². The number of benzene rings is 1. The lowest BCUT2D eigenvalue weighted by Crippen LogP contribution is -2.32. The van der Waals surface area contributed by atoms with Gasteiger partial charge < -0.3 is 9.47 Å². The first-order valence-electron chi connectivity index (χ1n) is 8.00. The van der Waals surface area contributed by atoms with Gasteiger partial charge in [0.25, 0.3) is 0 Å². The molecular formula is C20H26BrNO3. The minimum absolute atomic E-state index is 0.209. The third-order valence-electron chi connectivity index (χ3n) is 3.68. The number of carbonyl (C=O) groups excluding carboxylic acids is 1. The van der Waals surface area contributed by atoms with Crippen LogP contribution in [0, 0.1) is 0 Å². The molecule has 0 spiro atoms. The molecule has 5 heteroatoms. The van der Waals surface area contributed by atoms with Crippen molar-refractivity contribution in [2.45, 2.75) is 20.4 Å². The summed E-state index contributed by atoms with van der Waals surface area (Å²) in [4.78, 5) is 13.8. The maximum absolute atomic E-state index is 11.8. The first-order chi connectivity index (χ1) is 11.9. The fourth-order valence-electron chi connectivity index (χ4n) is 2.20. The van der Waals surface area contributed by atoms with Crippen molar-refractivity contribution in [1.29, 1.82) is 0 Å². The lowest BCUT2D eigenvalue weighted by molar-refractivity contribution is -0.141. The highest BCUT2D eigenvalue weighted by molar-refractivity contribution is 9.11. The van der Waals surface area contributed by atoms with Crippen LogP contribution >= 0.6 is 15.9 Å². The molecule has 4 nitrogen and oxygen atoms in total. The molecule has 0 amide bonds. The Balaban J connectivity index is 2.99. The van der Waals surface area contributed by atoms with E-state index < -0.39 is 0 Å². The quantitative estimate of drug-likeness (QED) is 0.447. The average molecular weight is 408 g/mol. The molecule has 0 unspecified atom stereocenters. The monoisotopic (exact) mass is 407 g/mol. The van der Waals surface area contributed by atoms with E-state index in [0.29, 0.717) is 13.1 Å². The maximum atomic E-state index is 11.8. The Bertz CT molecular complexity index is 647. The summed E-state index contributed by atoms with van der Waals surface area (Å²) in [6.07, 6.45) is 4.00. The minimum atomic E-state index is -0.264. The number of allylic oxidation sites excluding steroid dienone is 3. The summed E-state index contributed by atoms with van der Waals surface area (Å²) in [6.45, 7) is 9.40. The number of carbonyl (C=O) groups is 1. The summed E-state index contributed by atoms with van der Waals surface area (Å²) < 4.78 is 11.0. The van der Waals surface area contributed by atoms with Crippen LogP contribution in [-0.2, 0) is 16.1 Å². The molecule has 1 rings (SSSR count). The third-order valence-corrected chi connectivity index (χ3v) is 4.36. The van der Waals surface area contributed by atoms with E-state index >= 15 is 0 Å². The zero-order valence-electron chi connectivity index (χ0n) is 15.3. The van der Waals surface area contributed by atoms with Gasteiger partial charge in [-0.25, -0.2) is 0 Å². The number of ether oxygens (including phenoxy) is 2. The van der Waals surface area contributed by atoms with Gasteiger partial charge in [-0.1, -0.05) is 46.3 Å². The number of hydrogen-bond acceptors (Lipinski definition) is 4. The normalized spacial score (nSPS) is 12.2.